The minimum atomic E-state index is 0.194. The fourth-order valence-electron chi connectivity index (χ4n) is 2.19. The summed E-state index contributed by atoms with van der Waals surface area (Å²) in [4.78, 5) is 11.4. The Morgan fingerprint density at radius 3 is 1.50 bits per heavy atom. The Morgan fingerprint density at radius 2 is 1.12 bits per heavy atom. The number of rotatable bonds is 4. The van der Waals surface area contributed by atoms with E-state index in [9.17, 15) is 0 Å². The molecule has 1 aromatic heterocycles. The molecule has 0 radical (unpaired) electrons. The van der Waals surface area contributed by atoms with Crippen LogP contribution in [-0.4, -0.2) is 12.4 Å². The van der Waals surface area contributed by atoms with Crippen molar-refractivity contribution in [3.63, 3.8) is 0 Å². The van der Waals surface area contributed by atoms with Crippen LogP contribution in [0.25, 0.3) is 0 Å². The van der Waals surface area contributed by atoms with Gasteiger partial charge < -0.3 is 0 Å². The summed E-state index contributed by atoms with van der Waals surface area (Å²) in [5.41, 5.74) is 4.38. The van der Waals surface area contributed by atoms with E-state index in [0.717, 1.165) is 21.1 Å². The molecule has 2 nitrogen and oxygen atoms in total. The van der Waals surface area contributed by atoms with Gasteiger partial charge >= 0.3 is 33.3 Å². The molecule has 3 aromatic rings. The third-order valence-corrected chi connectivity index (χ3v) is 4.49. The number of thiophene rings is 1. The van der Waals surface area contributed by atoms with Gasteiger partial charge in [-0.15, -0.1) is 11.3 Å². The summed E-state index contributed by atoms with van der Waals surface area (Å²) in [5, 5.41) is 0. The molecule has 0 N–H and O–H groups in total. The molecule has 0 saturated carbocycles. The average molecular weight is 445 g/mol. The van der Waals surface area contributed by atoms with Crippen molar-refractivity contribution in [1.29, 1.82) is 0 Å². The first-order chi connectivity index (χ1) is 12.6. The van der Waals surface area contributed by atoms with Crippen molar-refractivity contribution in [2.75, 3.05) is 0 Å². The second-order valence-corrected chi connectivity index (χ2v) is 8.35. The zero-order valence-corrected chi connectivity index (χ0v) is 17.8. The molecular weight excluding hydrogens is 427 g/mol. The van der Waals surface area contributed by atoms with E-state index < -0.39 is 0 Å². The maximum atomic E-state index is 4.76. The standard InChI is InChI=1S/C20H18N2S.2ClH.Fe/c1-15-7-3-5-9-19(15)21-13-17-11-12-18(23-17)14-22-20-10-6-4-8-16(20)2;;;/h3-14H,1-2H3;2*1H;/q;;;+2/p-2. The van der Waals surface area contributed by atoms with E-state index in [1.54, 1.807) is 11.3 Å². The Bertz CT molecular complexity index is 821. The zero-order valence-electron chi connectivity index (χ0n) is 14.3. The predicted octanol–water partition coefficient (Wildman–Crippen LogP) is 7.24. The fourth-order valence-corrected chi connectivity index (χ4v) is 2.95. The van der Waals surface area contributed by atoms with Crippen molar-refractivity contribution < 1.29 is 13.1 Å². The normalized spacial score (nSPS) is 11.1. The predicted molar refractivity (Wildman–Crippen MR) is 113 cm³/mol. The molecular formula is C20H18Cl2FeN2S. The Hall–Kier alpha value is -1.42. The van der Waals surface area contributed by atoms with Gasteiger partial charge in [0.2, 0.25) is 0 Å². The van der Waals surface area contributed by atoms with E-state index in [-0.39, 0.29) is 13.1 Å². The van der Waals surface area contributed by atoms with Gasteiger partial charge in [-0.2, -0.15) is 0 Å². The summed E-state index contributed by atoms with van der Waals surface area (Å²) in [5.74, 6) is 0. The quantitative estimate of drug-likeness (QED) is 0.299. The second kappa shape index (κ2) is 11.3. The molecule has 136 valence electrons. The molecule has 0 saturated heterocycles. The Morgan fingerprint density at radius 1 is 0.731 bits per heavy atom. The molecule has 26 heavy (non-hydrogen) atoms. The van der Waals surface area contributed by atoms with Crippen molar-refractivity contribution in [1.82, 2.24) is 0 Å². The molecule has 1 heterocycles. The summed E-state index contributed by atoms with van der Waals surface area (Å²) in [6, 6.07) is 20.4. The molecule has 0 aliphatic heterocycles. The van der Waals surface area contributed by atoms with E-state index in [1.807, 2.05) is 48.8 Å². The molecule has 0 spiro atoms. The van der Waals surface area contributed by atoms with Crippen molar-refractivity contribution in [3.05, 3.63) is 81.5 Å². The van der Waals surface area contributed by atoms with Crippen LogP contribution in [0.4, 0.5) is 11.4 Å². The van der Waals surface area contributed by atoms with Gasteiger partial charge in [0.15, 0.2) is 0 Å². The van der Waals surface area contributed by atoms with E-state index in [4.69, 9.17) is 20.2 Å². The van der Waals surface area contributed by atoms with Crippen LogP contribution in [-0.2, 0) is 13.1 Å². The number of para-hydroxylation sites is 2. The number of nitrogens with zero attached hydrogens (tertiary/aromatic N) is 2. The number of hydrogen-bond donors (Lipinski definition) is 0. The summed E-state index contributed by atoms with van der Waals surface area (Å²) < 4.78 is 0. The molecule has 0 unspecified atom stereocenters. The van der Waals surface area contributed by atoms with Crippen LogP contribution in [0.5, 0.6) is 0 Å². The second-order valence-electron chi connectivity index (χ2n) is 5.38. The Labute approximate surface area is 173 Å². The monoisotopic (exact) mass is 444 g/mol. The maximum absolute atomic E-state index is 4.76. The van der Waals surface area contributed by atoms with E-state index in [2.05, 4.69) is 48.1 Å². The van der Waals surface area contributed by atoms with Crippen LogP contribution in [0.3, 0.4) is 0 Å². The van der Waals surface area contributed by atoms with Gasteiger partial charge in [0.05, 0.1) is 11.4 Å². The van der Waals surface area contributed by atoms with E-state index in [0.29, 0.717) is 0 Å². The van der Waals surface area contributed by atoms with Crippen LogP contribution in [0, 0.1) is 13.8 Å². The first-order valence-corrected chi connectivity index (χ1v) is 11.6. The van der Waals surface area contributed by atoms with E-state index >= 15 is 0 Å². The van der Waals surface area contributed by atoms with Gasteiger partial charge in [0.1, 0.15) is 0 Å². The molecule has 3 rings (SSSR count). The van der Waals surface area contributed by atoms with Gasteiger partial charge in [-0.1, -0.05) is 36.4 Å². The first kappa shape index (κ1) is 20.9. The van der Waals surface area contributed by atoms with Crippen LogP contribution < -0.4 is 0 Å². The molecule has 0 atom stereocenters. The number of benzene rings is 2. The van der Waals surface area contributed by atoms with Crippen molar-refractivity contribution in [3.8, 4) is 0 Å². The van der Waals surface area contributed by atoms with Crippen LogP contribution in [0.1, 0.15) is 20.9 Å². The Balaban J connectivity index is 0.000000758. The zero-order chi connectivity index (χ0) is 18.8. The summed E-state index contributed by atoms with van der Waals surface area (Å²) in [6.45, 7) is 4.14. The summed E-state index contributed by atoms with van der Waals surface area (Å²) in [6.07, 6.45) is 3.83. The third kappa shape index (κ3) is 6.71. The average Bonchev–Trinajstić information content (AvgIpc) is 3.09. The summed E-state index contributed by atoms with van der Waals surface area (Å²) >= 11 is 1.88. The number of halogens is 2. The van der Waals surface area contributed by atoms with Crippen molar-refractivity contribution in [2.24, 2.45) is 9.98 Å². The molecule has 0 aliphatic rings. The van der Waals surface area contributed by atoms with Crippen molar-refractivity contribution >= 4 is 55.3 Å². The van der Waals surface area contributed by atoms with Gasteiger partial charge in [-0.25, -0.2) is 0 Å². The van der Waals surface area contributed by atoms with Gasteiger partial charge in [-0.3, -0.25) is 9.98 Å². The van der Waals surface area contributed by atoms with Gasteiger partial charge in [-0.05, 0) is 49.2 Å². The molecule has 0 fully saturated rings. The number of hydrogen-bond acceptors (Lipinski definition) is 3. The number of aryl methyl sites for hydroxylation is 2. The number of aliphatic imine (C=N–C) groups is 2. The van der Waals surface area contributed by atoms with Crippen molar-refractivity contribution in [2.45, 2.75) is 13.8 Å². The molecule has 0 bridgehead atoms. The van der Waals surface area contributed by atoms with Crippen LogP contribution in [0.2, 0.25) is 0 Å². The van der Waals surface area contributed by atoms with Gasteiger partial charge in [0, 0.05) is 22.2 Å². The first-order valence-electron chi connectivity index (χ1n) is 7.78. The molecule has 2 aromatic carbocycles. The topological polar surface area (TPSA) is 24.7 Å². The fraction of sp³-hybridized carbons (Fsp3) is 0.100. The molecule has 6 heteroatoms. The summed E-state index contributed by atoms with van der Waals surface area (Å²) in [7, 11) is 9.53. The van der Waals surface area contributed by atoms with E-state index in [1.165, 1.54) is 11.1 Å². The van der Waals surface area contributed by atoms with Gasteiger partial charge in [0.25, 0.3) is 0 Å². The molecule has 0 aliphatic carbocycles. The minimum absolute atomic E-state index is 0.194. The Kier molecular flexibility index (Phi) is 9.10. The molecule has 0 amide bonds. The SMILES string of the molecule is Cc1ccccc1N=Cc1ccc(C=Nc2ccccc2C)s1.[Cl][Fe][Cl]. The van der Waals surface area contributed by atoms with Crippen LogP contribution >= 0.6 is 31.5 Å². The van der Waals surface area contributed by atoms with Crippen LogP contribution in [0.15, 0.2) is 70.6 Å². The third-order valence-electron chi connectivity index (χ3n) is 3.54.